The minimum atomic E-state index is -0.503. The van der Waals surface area contributed by atoms with Gasteiger partial charge in [0.15, 0.2) is 0 Å². The Morgan fingerprint density at radius 1 is 0.326 bits per heavy atom. The fourth-order valence-electron chi connectivity index (χ4n) is 14.5. The molecule has 10 nitrogen and oxygen atoms in total. The lowest BCUT2D eigenvalue weighted by atomic mass is 9.31. The lowest BCUT2D eigenvalue weighted by Crippen LogP contribution is -2.58. The van der Waals surface area contributed by atoms with Gasteiger partial charge in [-0.3, -0.25) is 0 Å². The maximum atomic E-state index is 14.7. The zero-order valence-electron chi connectivity index (χ0n) is 51.7. The van der Waals surface area contributed by atoms with E-state index in [0.29, 0.717) is 45.3 Å². The summed E-state index contributed by atoms with van der Waals surface area (Å²) in [5.74, 6) is -0.0402. The van der Waals surface area contributed by atoms with Crippen molar-refractivity contribution in [3.05, 3.63) is 262 Å². The molecule has 0 atom stereocenters. The second-order valence-corrected chi connectivity index (χ2v) is 26.7. The van der Waals surface area contributed by atoms with Gasteiger partial charge >= 0.3 is 23.9 Å². The fraction of sp³-hybridized carbons (Fsp3) is 0.150. The van der Waals surface area contributed by atoms with Gasteiger partial charge in [0, 0.05) is 0 Å². The molecule has 4 aliphatic heterocycles. The summed E-state index contributed by atoms with van der Waals surface area (Å²) in [5, 5.41) is 6.39. The van der Waals surface area contributed by atoms with Gasteiger partial charge in [-0.25, -0.2) is 19.2 Å². The summed E-state index contributed by atoms with van der Waals surface area (Å²) in [7, 11) is 0. The molecule has 0 spiro atoms. The number of hydrogen-bond donors (Lipinski definition) is 0. The fourth-order valence-corrected chi connectivity index (χ4v) is 14.5. The van der Waals surface area contributed by atoms with E-state index in [4.69, 9.17) is 28.4 Å². The van der Waals surface area contributed by atoms with E-state index < -0.39 is 48.1 Å². The maximum absolute atomic E-state index is 14.7. The molecule has 12 heteroatoms. The highest BCUT2D eigenvalue weighted by molar-refractivity contribution is 7.01. The van der Waals surface area contributed by atoms with Gasteiger partial charge in [-0.05, 0) is 181 Å². The van der Waals surface area contributed by atoms with Gasteiger partial charge in [0.1, 0.15) is 49.4 Å². The van der Waals surface area contributed by atoms with Crippen LogP contribution in [0.4, 0.5) is 0 Å². The molecule has 0 radical (unpaired) electrons. The van der Waals surface area contributed by atoms with Crippen molar-refractivity contribution < 1.29 is 47.6 Å². The van der Waals surface area contributed by atoms with Crippen LogP contribution in [0.15, 0.2) is 206 Å². The standard InChI is InChI=1S/C80H60B2O10/c1-79(2,3)59-37-53-55-31-51(77(85)89-43-47-23-15-9-16-24-47)35-67-73(55)82(62-30-28-50(34-66(62)91-67)76(84)88-42-46-21-13-8-14-22-46)64-40-58-60(80(4,5)6)38-54-56-32-52(78(86)90-44-48-25-17-10-18-26-48)36-68-74(56)81(63-39-57(59)71(69(53)64)72(58)70(54)63)61-29-27-49(33-65(61)92-68)75(83)87-41-45-19-11-7-12-20-45/h7-40H,41-44H2,1-6H3. The molecule has 0 fully saturated rings. The van der Waals surface area contributed by atoms with Gasteiger partial charge in [0.05, 0.1) is 22.3 Å². The first-order chi connectivity index (χ1) is 44.5. The first kappa shape index (κ1) is 56.5. The Morgan fingerprint density at radius 2 is 0.641 bits per heavy atom. The first-order valence-corrected chi connectivity index (χ1v) is 31.2. The SMILES string of the molecule is CC(C)(C)c1cc2c3c(cc4c(C(C)(C)C)cc5c6c(cc1c3c46)B1c3ccc(C(=O)OCc4ccccc4)cc3Oc3cc(C(=O)OCc4ccccc4)cc-5c31)B1c3ccc(C(=O)OCc4ccccc4)cc3Oc3cc(C(=O)OCc4ccccc4)cc-2c31. The summed E-state index contributed by atoms with van der Waals surface area (Å²) in [4.78, 5) is 57.4. The van der Waals surface area contributed by atoms with Crippen LogP contribution in [-0.4, -0.2) is 37.3 Å². The molecule has 446 valence electrons. The molecular weight excluding hydrogens is 1140 g/mol. The third-order valence-electron chi connectivity index (χ3n) is 18.7. The molecule has 0 amide bonds. The van der Waals surface area contributed by atoms with E-state index in [9.17, 15) is 19.2 Å². The van der Waals surface area contributed by atoms with Crippen molar-refractivity contribution in [3.63, 3.8) is 0 Å². The Bertz CT molecular complexity index is 4770. The highest BCUT2D eigenvalue weighted by atomic mass is 16.5. The van der Waals surface area contributed by atoms with Crippen molar-refractivity contribution in [3.8, 4) is 45.3 Å². The van der Waals surface area contributed by atoms with E-state index in [2.05, 4.69) is 65.8 Å². The lowest BCUT2D eigenvalue weighted by molar-refractivity contribution is 0.0463. The van der Waals surface area contributed by atoms with Gasteiger partial charge in [-0.2, -0.15) is 0 Å². The Hall–Kier alpha value is -10.7. The highest BCUT2D eigenvalue weighted by Gasteiger charge is 2.46. The Balaban J connectivity index is 0.950. The summed E-state index contributed by atoms with van der Waals surface area (Å²) in [6, 6.07) is 66.6. The summed E-state index contributed by atoms with van der Waals surface area (Å²) >= 11 is 0. The van der Waals surface area contributed by atoms with Crippen molar-refractivity contribution in [2.24, 2.45) is 0 Å². The van der Waals surface area contributed by atoms with Crippen molar-refractivity contribution >= 4 is 102 Å². The van der Waals surface area contributed by atoms with Crippen LogP contribution < -0.4 is 42.3 Å². The Morgan fingerprint density at radius 3 is 0.967 bits per heavy atom. The second-order valence-electron chi connectivity index (χ2n) is 26.7. The maximum Gasteiger partial charge on any atom is 0.338 e. The van der Waals surface area contributed by atoms with Crippen LogP contribution in [0.5, 0.6) is 23.0 Å². The molecule has 12 aromatic carbocycles. The summed E-state index contributed by atoms with van der Waals surface area (Å²) in [5.41, 5.74) is 15.4. The molecule has 0 bridgehead atoms. The van der Waals surface area contributed by atoms with Gasteiger partial charge < -0.3 is 28.4 Å². The zero-order valence-corrected chi connectivity index (χ0v) is 51.7. The average Bonchev–Trinajstić information content (AvgIpc) is 0.668. The predicted molar refractivity (Wildman–Crippen MR) is 363 cm³/mol. The second kappa shape index (κ2) is 21.5. The number of carbonyl (C=O) groups excluding carboxylic acids is 4. The number of esters is 4. The number of fused-ring (bicyclic) bond motifs is 8. The van der Waals surface area contributed by atoms with E-state index in [-0.39, 0.29) is 26.4 Å². The third-order valence-corrected chi connectivity index (χ3v) is 18.7. The molecule has 0 aromatic heterocycles. The van der Waals surface area contributed by atoms with Crippen molar-refractivity contribution in [2.75, 3.05) is 0 Å². The Kier molecular flexibility index (Phi) is 13.2. The van der Waals surface area contributed by atoms with Crippen LogP contribution in [0, 0.1) is 0 Å². The van der Waals surface area contributed by atoms with Crippen LogP contribution in [-0.2, 0) is 56.2 Å². The molecule has 0 saturated heterocycles. The summed E-state index contributed by atoms with van der Waals surface area (Å²) in [6.45, 7) is 13.0. The molecule has 12 aromatic rings. The number of rotatable bonds is 12. The normalized spacial score (nSPS) is 12.9. The minimum absolute atomic E-state index is 0.0751. The smallest absolute Gasteiger partial charge is 0.338 e. The minimum Gasteiger partial charge on any atom is -0.458 e. The van der Waals surface area contributed by atoms with Gasteiger partial charge in [0.2, 0.25) is 0 Å². The number of benzene rings is 12. The highest BCUT2D eigenvalue weighted by Crippen LogP contribution is 2.51. The van der Waals surface area contributed by atoms with E-state index in [0.717, 1.165) is 121 Å². The number of hydrogen-bond acceptors (Lipinski definition) is 10. The van der Waals surface area contributed by atoms with Gasteiger partial charge in [-0.15, -0.1) is 0 Å². The predicted octanol–water partition coefficient (Wildman–Crippen LogP) is 13.8. The Labute approximate surface area is 533 Å². The molecule has 4 heterocycles. The molecule has 4 aliphatic rings. The molecule has 0 aliphatic carbocycles. The average molecular weight is 1200 g/mol. The first-order valence-electron chi connectivity index (χ1n) is 31.2. The van der Waals surface area contributed by atoms with Crippen LogP contribution in [0.2, 0.25) is 0 Å². The van der Waals surface area contributed by atoms with Crippen LogP contribution in [0.1, 0.15) is 116 Å². The van der Waals surface area contributed by atoms with Crippen LogP contribution in [0.3, 0.4) is 0 Å². The van der Waals surface area contributed by atoms with Gasteiger partial charge in [-0.1, -0.05) is 198 Å². The third kappa shape index (κ3) is 9.41. The van der Waals surface area contributed by atoms with Crippen molar-refractivity contribution in [1.29, 1.82) is 0 Å². The quantitative estimate of drug-likeness (QED) is 0.0505. The van der Waals surface area contributed by atoms with E-state index in [1.807, 2.05) is 158 Å². The molecular formula is C80H60B2O10. The monoisotopic (exact) mass is 1200 g/mol. The number of ether oxygens (including phenoxy) is 6. The summed E-state index contributed by atoms with van der Waals surface area (Å²) in [6.07, 6.45) is 0. The molecule has 0 saturated carbocycles. The lowest BCUT2D eigenvalue weighted by Gasteiger charge is -2.39. The molecule has 16 rings (SSSR count). The van der Waals surface area contributed by atoms with Gasteiger partial charge in [0.25, 0.3) is 13.4 Å². The van der Waals surface area contributed by atoms with Crippen molar-refractivity contribution in [1.82, 2.24) is 0 Å². The van der Waals surface area contributed by atoms with E-state index in [1.165, 1.54) is 0 Å². The molecule has 92 heavy (non-hydrogen) atoms. The van der Waals surface area contributed by atoms with Crippen molar-refractivity contribution in [2.45, 2.75) is 78.8 Å². The van der Waals surface area contributed by atoms with E-state index in [1.54, 1.807) is 24.3 Å². The van der Waals surface area contributed by atoms with Crippen LogP contribution >= 0.6 is 0 Å². The van der Waals surface area contributed by atoms with Crippen LogP contribution in [0.25, 0.3) is 54.6 Å². The largest absolute Gasteiger partial charge is 0.458 e. The number of carbonyl (C=O) groups is 4. The van der Waals surface area contributed by atoms with E-state index >= 15 is 0 Å². The summed E-state index contributed by atoms with van der Waals surface area (Å²) < 4.78 is 38.1. The zero-order chi connectivity index (χ0) is 62.9. The molecule has 0 unspecified atom stereocenters. The topological polar surface area (TPSA) is 124 Å². The molecule has 0 N–H and O–H groups in total.